The molecule has 3 heterocycles. The molecule has 8 heteroatoms. The first kappa shape index (κ1) is 24.7. The number of benzene rings is 1. The Morgan fingerprint density at radius 1 is 1.12 bits per heavy atom. The monoisotopic (exact) mass is 471 g/mol. The maximum atomic E-state index is 13.8. The summed E-state index contributed by atoms with van der Waals surface area (Å²) in [7, 11) is 0. The molecule has 34 heavy (non-hydrogen) atoms. The highest BCUT2D eigenvalue weighted by Gasteiger charge is 2.77. The molecule has 2 bridgehead atoms. The fourth-order valence-corrected chi connectivity index (χ4v) is 6.18. The van der Waals surface area contributed by atoms with E-state index in [0.717, 1.165) is 18.4 Å². The van der Waals surface area contributed by atoms with Gasteiger partial charge in [0.15, 0.2) is 0 Å². The number of nitrogens with one attached hydrogen (secondary N) is 2. The number of aliphatic hydroxyl groups excluding tert-OH is 1. The molecule has 1 aromatic rings. The molecule has 2 unspecified atom stereocenters. The molecule has 0 radical (unpaired) electrons. The number of rotatable bonds is 11. The first-order chi connectivity index (χ1) is 16.4. The Morgan fingerprint density at radius 3 is 2.59 bits per heavy atom. The smallest absolute Gasteiger partial charge is 0.246 e. The number of hydrogen-bond donors (Lipinski definition) is 3. The first-order valence-electron chi connectivity index (χ1n) is 12.6. The zero-order valence-corrected chi connectivity index (χ0v) is 20.2. The second-order valence-corrected chi connectivity index (χ2v) is 10.0. The Hall–Kier alpha value is -2.45. The molecule has 0 saturated carbocycles. The highest BCUT2D eigenvalue weighted by atomic mass is 16.5. The summed E-state index contributed by atoms with van der Waals surface area (Å²) < 4.78 is 6.57. The molecule has 3 N–H and O–H groups in total. The van der Waals surface area contributed by atoms with Crippen molar-refractivity contribution in [2.75, 3.05) is 19.7 Å². The van der Waals surface area contributed by atoms with Crippen molar-refractivity contribution < 1.29 is 24.2 Å². The number of nitrogens with zero attached hydrogens (tertiary/aromatic N) is 1. The summed E-state index contributed by atoms with van der Waals surface area (Å²) in [6.45, 7) is 5.32. The number of hydrogen-bond acceptors (Lipinski definition) is 5. The maximum Gasteiger partial charge on any atom is 0.246 e. The molecular weight excluding hydrogens is 434 g/mol. The molecule has 1 spiro atoms. The number of likely N-dealkylation sites (tertiary alicyclic amines) is 1. The lowest BCUT2D eigenvalue weighted by Crippen LogP contribution is -2.55. The highest BCUT2D eigenvalue weighted by molar-refractivity contribution is 5.99. The van der Waals surface area contributed by atoms with Gasteiger partial charge in [0, 0.05) is 26.2 Å². The van der Waals surface area contributed by atoms with Gasteiger partial charge in [-0.15, -0.1) is 0 Å². The lowest BCUT2D eigenvalue weighted by Gasteiger charge is -2.33. The summed E-state index contributed by atoms with van der Waals surface area (Å²) in [5.41, 5.74) is -0.763. The van der Waals surface area contributed by atoms with E-state index in [2.05, 4.69) is 10.6 Å². The van der Waals surface area contributed by atoms with Crippen molar-refractivity contribution in [1.29, 1.82) is 0 Å². The van der Waals surface area contributed by atoms with E-state index in [1.165, 1.54) is 0 Å². The van der Waals surface area contributed by atoms with Crippen molar-refractivity contribution in [3.8, 4) is 0 Å². The van der Waals surface area contributed by atoms with Crippen molar-refractivity contribution in [2.24, 2.45) is 11.8 Å². The van der Waals surface area contributed by atoms with E-state index in [0.29, 0.717) is 45.3 Å². The minimum Gasteiger partial charge on any atom is -0.396 e. The number of amides is 3. The van der Waals surface area contributed by atoms with Gasteiger partial charge in [0.1, 0.15) is 11.6 Å². The van der Waals surface area contributed by atoms with Crippen LogP contribution in [0.25, 0.3) is 0 Å². The number of fused-ring (bicyclic) bond motifs is 1. The minimum atomic E-state index is -0.988. The van der Waals surface area contributed by atoms with Gasteiger partial charge in [-0.3, -0.25) is 14.4 Å². The van der Waals surface area contributed by atoms with Crippen molar-refractivity contribution in [3.05, 3.63) is 35.9 Å². The van der Waals surface area contributed by atoms with E-state index in [4.69, 9.17) is 9.84 Å². The zero-order valence-electron chi connectivity index (χ0n) is 20.2. The third-order valence-electron chi connectivity index (χ3n) is 7.72. The van der Waals surface area contributed by atoms with Gasteiger partial charge in [-0.1, -0.05) is 37.3 Å². The summed E-state index contributed by atoms with van der Waals surface area (Å²) in [6.07, 6.45) is 4.12. The molecule has 3 saturated heterocycles. The molecule has 1 aromatic carbocycles. The molecule has 3 fully saturated rings. The topological polar surface area (TPSA) is 108 Å². The maximum absolute atomic E-state index is 13.8. The molecule has 5 atom stereocenters. The summed E-state index contributed by atoms with van der Waals surface area (Å²) in [5.74, 6) is -1.82. The van der Waals surface area contributed by atoms with E-state index in [1.807, 2.05) is 44.2 Å². The van der Waals surface area contributed by atoms with Crippen LogP contribution in [0.4, 0.5) is 0 Å². The largest absolute Gasteiger partial charge is 0.396 e. The van der Waals surface area contributed by atoms with Crippen molar-refractivity contribution >= 4 is 17.7 Å². The van der Waals surface area contributed by atoms with E-state index in [-0.39, 0.29) is 24.3 Å². The van der Waals surface area contributed by atoms with Crippen LogP contribution in [0.2, 0.25) is 0 Å². The number of carbonyl (C=O) groups is 3. The van der Waals surface area contributed by atoms with Crippen LogP contribution in [-0.2, 0) is 25.7 Å². The summed E-state index contributed by atoms with van der Waals surface area (Å²) >= 11 is 0. The van der Waals surface area contributed by atoms with Crippen molar-refractivity contribution in [2.45, 2.75) is 76.2 Å². The van der Waals surface area contributed by atoms with Crippen LogP contribution in [0.1, 0.15) is 57.9 Å². The van der Waals surface area contributed by atoms with Crippen molar-refractivity contribution in [3.63, 3.8) is 0 Å². The van der Waals surface area contributed by atoms with Crippen LogP contribution in [0.3, 0.4) is 0 Å². The number of aliphatic hydroxyl groups is 1. The fourth-order valence-electron chi connectivity index (χ4n) is 6.18. The van der Waals surface area contributed by atoms with Gasteiger partial charge < -0.3 is 25.4 Å². The standard InChI is InChI=1S/C26H37N3O5/c1-3-14-27-22(31)19-20-24(33)29(15-8-5-9-16-30)21(26(20)13-12-25(19,2)34-26)23(32)28-17-18-10-6-4-7-11-18/h4,6-7,10-11,19-21,30H,3,5,8-9,12-17H2,1-2H3,(H,27,31)(H,28,32)/t19-,20+,21?,25+,26?/m1/s1. The lowest BCUT2D eigenvalue weighted by atomic mass is 9.66. The van der Waals surface area contributed by atoms with Crippen LogP contribution < -0.4 is 10.6 Å². The Balaban J connectivity index is 1.61. The molecule has 0 aromatic heterocycles. The average Bonchev–Trinajstić information content (AvgIpc) is 3.40. The molecule has 3 amide bonds. The first-order valence-corrected chi connectivity index (χ1v) is 12.6. The fraction of sp³-hybridized carbons (Fsp3) is 0.654. The Morgan fingerprint density at radius 2 is 1.88 bits per heavy atom. The van der Waals surface area contributed by atoms with Crippen LogP contribution in [0.5, 0.6) is 0 Å². The third-order valence-corrected chi connectivity index (χ3v) is 7.72. The van der Waals surface area contributed by atoms with Gasteiger partial charge in [0.25, 0.3) is 0 Å². The van der Waals surface area contributed by atoms with Gasteiger partial charge in [-0.25, -0.2) is 0 Å². The van der Waals surface area contributed by atoms with Crippen LogP contribution in [0, 0.1) is 11.8 Å². The highest BCUT2D eigenvalue weighted by Crippen LogP contribution is 2.63. The molecule has 0 aliphatic carbocycles. The number of ether oxygens (including phenoxy) is 1. The van der Waals surface area contributed by atoms with Gasteiger partial charge >= 0.3 is 0 Å². The summed E-state index contributed by atoms with van der Waals surface area (Å²) in [6, 6.07) is 8.89. The normalized spacial score (nSPS) is 31.6. The molecule has 186 valence electrons. The molecule has 3 aliphatic heterocycles. The summed E-state index contributed by atoms with van der Waals surface area (Å²) in [5, 5.41) is 15.1. The van der Waals surface area contributed by atoms with E-state index >= 15 is 0 Å². The molecule has 8 nitrogen and oxygen atoms in total. The van der Waals surface area contributed by atoms with E-state index in [1.54, 1.807) is 4.90 Å². The minimum absolute atomic E-state index is 0.0998. The summed E-state index contributed by atoms with van der Waals surface area (Å²) in [4.78, 5) is 42.2. The third kappa shape index (κ3) is 4.22. The Kier molecular flexibility index (Phi) is 7.28. The average molecular weight is 472 g/mol. The van der Waals surface area contributed by atoms with E-state index < -0.39 is 29.1 Å². The Bertz CT molecular complexity index is 909. The molecule has 3 aliphatic rings. The van der Waals surface area contributed by atoms with E-state index in [9.17, 15) is 14.4 Å². The lowest BCUT2D eigenvalue weighted by molar-refractivity contribution is -0.146. The van der Waals surface area contributed by atoms with Crippen LogP contribution in [-0.4, -0.2) is 64.7 Å². The SMILES string of the molecule is CCCNC(=O)[C@H]1[C@H]2C(=O)N(CCCCCO)C(C(=O)NCc3ccccc3)C23CC[C@]1(C)O3. The molecule has 4 rings (SSSR count). The van der Waals surface area contributed by atoms with Crippen LogP contribution >= 0.6 is 0 Å². The quantitative estimate of drug-likeness (QED) is 0.426. The Labute approximate surface area is 201 Å². The van der Waals surface area contributed by atoms with Crippen LogP contribution in [0.15, 0.2) is 30.3 Å². The van der Waals surface area contributed by atoms with Gasteiger partial charge in [-0.05, 0) is 51.0 Å². The van der Waals surface area contributed by atoms with Crippen molar-refractivity contribution in [1.82, 2.24) is 15.5 Å². The predicted octanol–water partition coefficient (Wildman–Crippen LogP) is 1.76. The zero-order chi connectivity index (χ0) is 24.3. The molecular formula is C26H37N3O5. The second-order valence-electron chi connectivity index (χ2n) is 10.0. The van der Waals surface area contributed by atoms with Gasteiger partial charge in [0.05, 0.1) is 17.4 Å². The number of unbranched alkanes of at least 4 members (excludes halogenated alkanes) is 2. The predicted molar refractivity (Wildman–Crippen MR) is 126 cm³/mol. The second kappa shape index (κ2) is 10.0. The van der Waals surface area contributed by atoms with Gasteiger partial charge in [-0.2, -0.15) is 0 Å². The number of carbonyl (C=O) groups excluding carboxylic acids is 3. The van der Waals surface area contributed by atoms with Gasteiger partial charge in [0.2, 0.25) is 17.7 Å².